The van der Waals surface area contributed by atoms with Crippen LogP contribution in [0.4, 0.5) is 17.6 Å². The minimum absolute atomic E-state index is 0.0349. The summed E-state index contributed by atoms with van der Waals surface area (Å²) in [7, 11) is 1.42. The summed E-state index contributed by atoms with van der Waals surface area (Å²) in [5, 5.41) is 51.5. The first-order valence-corrected chi connectivity index (χ1v) is 24.1. The minimum atomic E-state index is -3.05. The number of methoxy groups -OCH3 is 1. The van der Waals surface area contributed by atoms with Crippen LogP contribution in [-0.4, -0.2) is 80.8 Å². The van der Waals surface area contributed by atoms with Gasteiger partial charge in [0.1, 0.15) is 12.2 Å². The maximum atomic E-state index is 14.6. The van der Waals surface area contributed by atoms with Crippen molar-refractivity contribution in [3.8, 4) is 0 Å². The summed E-state index contributed by atoms with van der Waals surface area (Å²) in [6, 6.07) is 0. The lowest BCUT2D eigenvalue weighted by atomic mass is 9.43. The molecule has 8 saturated carbocycles. The lowest BCUT2D eigenvalue weighted by Crippen LogP contribution is -2.62. The molecule has 0 heterocycles. The third kappa shape index (κ3) is 8.03. The normalized spacial score (nSPS) is 50.1. The number of halogens is 4. The quantitative estimate of drug-likeness (QED) is 0.120. The molecule has 8 aliphatic rings. The molecule has 20 atom stereocenters. The molecule has 0 aromatic rings. The summed E-state index contributed by atoms with van der Waals surface area (Å²) in [6.07, 6.45) is 6.42. The smallest absolute Gasteiger partial charge is 0.305 e. The van der Waals surface area contributed by atoms with Crippen molar-refractivity contribution in [1.82, 2.24) is 0 Å². The number of ether oxygens (including phenoxy) is 1. The molecule has 0 amide bonds. The van der Waals surface area contributed by atoms with E-state index in [1.165, 1.54) is 7.11 Å². The Morgan fingerprint density at radius 1 is 0.590 bits per heavy atom. The van der Waals surface area contributed by atoms with Gasteiger partial charge in [-0.3, -0.25) is 9.59 Å². The maximum absolute atomic E-state index is 14.6. The first kappa shape index (κ1) is 47.5. The first-order chi connectivity index (χ1) is 28.3. The fraction of sp³-hybridized carbons (Fsp3) is 0.959. The minimum Gasteiger partial charge on any atom is -0.481 e. The Hall–Kier alpha value is -1.50. The molecule has 0 radical (unpaired) electrons. The Kier molecular flexibility index (Phi) is 13.0. The van der Waals surface area contributed by atoms with Gasteiger partial charge in [-0.25, -0.2) is 17.6 Å². The molecule has 0 saturated heterocycles. The largest absolute Gasteiger partial charge is 0.481 e. The number of carboxylic acids is 1. The average molecular weight is 871 g/mol. The standard InChI is InChI=1S/C25H40F2O4.C24H38F2O4/c1-14(5-8-21(30)31-4)16-6-7-17-22-18(9-10-23(16,17)2)24(3)13-25(26,27)20(29)12-15(24)11-19(22)28;1-13(4-7-20(29)30)15-5-6-16-21-17(8-9-22(15,16)2)23(3)12-24(25,26)19(28)11-14(23)10-18(21)27/h14-20,22,28-29H,5-13H2,1-4H3;13-19,21,27-28H,4-12H2,1-3H3,(H,29,30)/t14-,15-,16-,17?,18?,19+,20-,22?,23-,24+;13-,14-,15-,16?,17?,18+,19-,21?,22-,23+/m11/s1. The molecule has 0 bridgehead atoms. The van der Waals surface area contributed by atoms with E-state index in [1.807, 2.05) is 13.8 Å². The number of hydrogen-bond donors (Lipinski definition) is 5. The molecule has 0 spiro atoms. The van der Waals surface area contributed by atoms with Gasteiger partial charge in [-0.1, -0.05) is 41.5 Å². The highest BCUT2D eigenvalue weighted by atomic mass is 19.3. The summed E-state index contributed by atoms with van der Waals surface area (Å²) < 4.78 is 63.2. The van der Waals surface area contributed by atoms with Gasteiger partial charge in [0.25, 0.3) is 11.8 Å². The number of rotatable bonds is 8. The van der Waals surface area contributed by atoms with Gasteiger partial charge in [0.15, 0.2) is 0 Å². The topological polar surface area (TPSA) is 145 Å². The van der Waals surface area contributed by atoms with Gasteiger partial charge < -0.3 is 30.3 Å². The number of fused-ring (bicyclic) bond motifs is 10. The maximum Gasteiger partial charge on any atom is 0.305 e. The Bertz CT molecular complexity index is 1610. The highest BCUT2D eigenvalue weighted by Gasteiger charge is 2.68. The fourth-order valence-corrected chi connectivity index (χ4v) is 17.6. The fourth-order valence-electron chi connectivity index (χ4n) is 17.6. The summed E-state index contributed by atoms with van der Waals surface area (Å²) in [6.45, 7) is 13.0. The number of carboxylic acid groups (broad SMARTS) is 1. The molecule has 350 valence electrons. The highest BCUT2D eigenvalue weighted by molar-refractivity contribution is 5.69. The van der Waals surface area contributed by atoms with E-state index in [4.69, 9.17) is 9.84 Å². The van der Waals surface area contributed by atoms with Crippen molar-refractivity contribution < 1.29 is 57.4 Å². The Morgan fingerprint density at radius 2 is 0.967 bits per heavy atom. The van der Waals surface area contributed by atoms with Crippen LogP contribution in [0.2, 0.25) is 0 Å². The van der Waals surface area contributed by atoms with E-state index in [-0.39, 0.29) is 84.4 Å². The van der Waals surface area contributed by atoms with E-state index < -0.39 is 53.1 Å². The van der Waals surface area contributed by atoms with Gasteiger partial charge in [0.2, 0.25) is 0 Å². The number of aliphatic hydroxyl groups excluding tert-OH is 4. The zero-order valence-electron chi connectivity index (χ0n) is 37.9. The molecule has 0 aliphatic heterocycles. The van der Waals surface area contributed by atoms with Crippen molar-refractivity contribution in [1.29, 1.82) is 0 Å². The Morgan fingerprint density at radius 3 is 1.34 bits per heavy atom. The van der Waals surface area contributed by atoms with Crippen molar-refractivity contribution in [3.05, 3.63) is 0 Å². The van der Waals surface area contributed by atoms with Gasteiger partial charge in [-0.15, -0.1) is 0 Å². The summed E-state index contributed by atoms with van der Waals surface area (Å²) in [5.74, 6) is -4.62. The second-order valence-electron chi connectivity index (χ2n) is 23.4. The van der Waals surface area contributed by atoms with Crippen molar-refractivity contribution >= 4 is 11.9 Å². The molecule has 0 aromatic heterocycles. The molecule has 12 heteroatoms. The number of carbonyl (C=O) groups excluding carboxylic acids is 1. The SMILES string of the molecule is COC(=O)CC[C@@H](C)[C@H]1CCC2C3C(CC[C@@]21C)[C@@]1(C)CC(F)(F)[C@H](O)C[C@H]1C[C@@H]3O.C[C@H](CCC(=O)O)[C@H]1CCC2C3C(CC[C@@]21C)[C@@]1(C)CC(F)(F)[C@H](O)C[C@H]1C[C@@H]3O. The predicted octanol–water partition coefficient (Wildman–Crippen LogP) is 9.53. The number of aliphatic hydroxyl groups is 4. The van der Waals surface area contributed by atoms with Crippen LogP contribution in [-0.2, 0) is 14.3 Å². The van der Waals surface area contributed by atoms with Crippen molar-refractivity contribution in [3.63, 3.8) is 0 Å². The second-order valence-corrected chi connectivity index (χ2v) is 23.4. The molecule has 8 fully saturated rings. The molecular formula is C49H78F4O8. The predicted molar refractivity (Wildman–Crippen MR) is 222 cm³/mol. The second kappa shape index (κ2) is 16.7. The molecule has 8 rings (SSSR count). The van der Waals surface area contributed by atoms with Gasteiger partial charge in [-0.05, 0) is 183 Å². The molecular weight excluding hydrogens is 793 g/mol. The summed E-state index contributed by atoms with van der Waals surface area (Å²) >= 11 is 0. The zero-order chi connectivity index (χ0) is 44.8. The van der Waals surface area contributed by atoms with E-state index in [0.29, 0.717) is 61.2 Å². The van der Waals surface area contributed by atoms with Crippen molar-refractivity contribution in [2.75, 3.05) is 7.11 Å². The van der Waals surface area contributed by atoms with Gasteiger partial charge in [-0.2, -0.15) is 0 Å². The van der Waals surface area contributed by atoms with E-state index in [1.54, 1.807) is 0 Å². The molecule has 0 aromatic carbocycles. The molecule has 6 unspecified atom stereocenters. The zero-order valence-corrected chi connectivity index (χ0v) is 37.9. The summed E-state index contributed by atoms with van der Waals surface area (Å²) in [4.78, 5) is 22.7. The van der Waals surface area contributed by atoms with E-state index in [9.17, 15) is 47.6 Å². The summed E-state index contributed by atoms with van der Waals surface area (Å²) in [5.41, 5.74) is -0.943. The molecule has 8 aliphatic carbocycles. The number of aliphatic carboxylic acids is 1. The average Bonchev–Trinajstić information content (AvgIpc) is 3.72. The number of alkyl halides is 4. The van der Waals surface area contributed by atoms with Crippen LogP contribution in [0.3, 0.4) is 0 Å². The van der Waals surface area contributed by atoms with Crippen molar-refractivity contribution in [2.24, 2.45) is 92.7 Å². The van der Waals surface area contributed by atoms with E-state index in [0.717, 1.165) is 57.8 Å². The van der Waals surface area contributed by atoms with Gasteiger partial charge in [0.05, 0.1) is 19.3 Å². The number of hydrogen-bond acceptors (Lipinski definition) is 7. The molecule has 5 N–H and O–H groups in total. The number of esters is 1. The van der Waals surface area contributed by atoms with Crippen LogP contribution >= 0.6 is 0 Å². The van der Waals surface area contributed by atoms with Crippen LogP contribution in [0.15, 0.2) is 0 Å². The van der Waals surface area contributed by atoms with E-state index in [2.05, 4.69) is 27.7 Å². The van der Waals surface area contributed by atoms with Crippen LogP contribution < -0.4 is 0 Å². The lowest BCUT2D eigenvalue weighted by Gasteiger charge is -2.63. The van der Waals surface area contributed by atoms with Crippen LogP contribution in [0.25, 0.3) is 0 Å². The van der Waals surface area contributed by atoms with E-state index >= 15 is 0 Å². The van der Waals surface area contributed by atoms with Crippen LogP contribution in [0, 0.1) is 92.7 Å². The highest BCUT2D eigenvalue weighted by Crippen LogP contribution is 2.71. The monoisotopic (exact) mass is 871 g/mol. The van der Waals surface area contributed by atoms with Crippen LogP contribution in [0.1, 0.15) is 157 Å². The van der Waals surface area contributed by atoms with Gasteiger partial charge >= 0.3 is 11.9 Å². The van der Waals surface area contributed by atoms with Gasteiger partial charge in [0, 0.05) is 25.7 Å². The first-order valence-electron chi connectivity index (χ1n) is 24.1. The molecule has 61 heavy (non-hydrogen) atoms. The van der Waals surface area contributed by atoms with Crippen molar-refractivity contribution in [2.45, 2.75) is 193 Å². The molecule has 8 nitrogen and oxygen atoms in total. The Labute approximate surface area is 361 Å². The van der Waals surface area contributed by atoms with Crippen LogP contribution in [0.5, 0.6) is 0 Å². The third-order valence-corrected chi connectivity index (χ3v) is 20.8. The lowest BCUT2D eigenvalue weighted by molar-refractivity contribution is -0.236. The number of carbonyl (C=O) groups is 2. The Balaban J connectivity index is 0.000000184. The third-order valence-electron chi connectivity index (χ3n) is 20.8.